The molecule has 2 aliphatic heterocycles. The van der Waals surface area contributed by atoms with E-state index in [9.17, 15) is 24.6 Å². The van der Waals surface area contributed by atoms with Crippen LogP contribution in [-0.2, 0) is 11.3 Å². The Morgan fingerprint density at radius 1 is 0.951 bits per heavy atom. The van der Waals surface area contributed by atoms with Crippen molar-refractivity contribution in [3.8, 4) is 5.69 Å². The third-order valence-corrected chi connectivity index (χ3v) is 8.45. The zero-order chi connectivity index (χ0) is 28.6. The maximum Gasteiger partial charge on any atom is 0.407 e. The van der Waals surface area contributed by atoms with Crippen LogP contribution in [0, 0.1) is 5.92 Å². The average molecular weight is 557 g/mol. The van der Waals surface area contributed by atoms with Crippen molar-refractivity contribution in [1.82, 2.24) is 29.1 Å². The molecule has 11 heteroatoms. The SMILES string of the molecule is O=C(O)N1CC[C@@H](C(=O)N2CCC(O)(Cn3cnc4c(cnn4-c4ccccc4)c3=O)CC2)[C@H](c2ccccc2)C1. The summed E-state index contributed by atoms with van der Waals surface area (Å²) in [6, 6.07) is 19.0. The number of carbonyl (C=O) groups is 2. The molecule has 212 valence electrons. The van der Waals surface area contributed by atoms with Gasteiger partial charge in [0.2, 0.25) is 5.91 Å². The molecule has 2 atom stereocenters. The number of para-hydroxylation sites is 1. The second-order valence-electron chi connectivity index (χ2n) is 11.0. The van der Waals surface area contributed by atoms with Crippen molar-refractivity contribution in [3.05, 3.63) is 89.1 Å². The topological polar surface area (TPSA) is 134 Å². The molecule has 4 aromatic rings. The Balaban J connectivity index is 1.15. The van der Waals surface area contributed by atoms with E-state index in [4.69, 9.17) is 0 Å². The number of carboxylic acid groups (broad SMARTS) is 1. The summed E-state index contributed by atoms with van der Waals surface area (Å²) < 4.78 is 3.04. The van der Waals surface area contributed by atoms with Crippen molar-refractivity contribution in [2.75, 3.05) is 26.2 Å². The predicted octanol–water partition coefficient (Wildman–Crippen LogP) is 2.72. The highest BCUT2D eigenvalue weighted by atomic mass is 16.4. The van der Waals surface area contributed by atoms with E-state index in [2.05, 4.69) is 10.1 Å². The van der Waals surface area contributed by atoms with E-state index in [1.54, 1.807) is 9.58 Å². The average Bonchev–Trinajstić information content (AvgIpc) is 3.44. The van der Waals surface area contributed by atoms with E-state index < -0.39 is 11.7 Å². The molecule has 0 radical (unpaired) electrons. The van der Waals surface area contributed by atoms with Gasteiger partial charge >= 0.3 is 6.09 Å². The number of likely N-dealkylation sites (tertiary alicyclic amines) is 2. The first kappa shape index (κ1) is 26.7. The zero-order valence-corrected chi connectivity index (χ0v) is 22.5. The first-order chi connectivity index (χ1) is 19.8. The lowest BCUT2D eigenvalue weighted by Gasteiger charge is -2.42. The van der Waals surface area contributed by atoms with Gasteiger partial charge in [-0.2, -0.15) is 5.10 Å². The van der Waals surface area contributed by atoms with Crippen molar-refractivity contribution in [2.45, 2.75) is 37.3 Å². The van der Waals surface area contributed by atoms with Crippen LogP contribution in [0.4, 0.5) is 4.79 Å². The van der Waals surface area contributed by atoms with Gasteiger partial charge in [-0.25, -0.2) is 14.5 Å². The number of rotatable bonds is 5. The Bertz CT molecular complexity index is 1610. The lowest BCUT2D eigenvalue weighted by molar-refractivity contribution is -0.142. The second-order valence-corrected chi connectivity index (χ2v) is 11.0. The van der Waals surface area contributed by atoms with Gasteiger partial charge in [0.25, 0.3) is 5.56 Å². The summed E-state index contributed by atoms with van der Waals surface area (Å²) in [4.78, 5) is 46.3. The molecule has 0 spiro atoms. The lowest BCUT2D eigenvalue weighted by Crippen LogP contribution is -2.53. The molecule has 41 heavy (non-hydrogen) atoms. The van der Waals surface area contributed by atoms with E-state index >= 15 is 0 Å². The van der Waals surface area contributed by atoms with Crippen LogP contribution in [0.2, 0.25) is 0 Å². The van der Waals surface area contributed by atoms with Crippen LogP contribution >= 0.6 is 0 Å². The molecule has 0 aliphatic carbocycles. The van der Waals surface area contributed by atoms with E-state index in [1.165, 1.54) is 22.0 Å². The number of fused-ring (bicyclic) bond motifs is 1. The Hall–Kier alpha value is -4.51. The quantitative estimate of drug-likeness (QED) is 0.386. The number of aromatic nitrogens is 4. The highest BCUT2D eigenvalue weighted by Gasteiger charge is 2.41. The number of amides is 2. The summed E-state index contributed by atoms with van der Waals surface area (Å²) in [7, 11) is 0. The molecular weight excluding hydrogens is 524 g/mol. The Kier molecular flexibility index (Phi) is 7.04. The first-order valence-corrected chi connectivity index (χ1v) is 13.9. The van der Waals surface area contributed by atoms with Gasteiger partial charge in [-0.05, 0) is 37.0 Å². The molecule has 2 saturated heterocycles. The Morgan fingerprint density at radius 2 is 1.63 bits per heavy atom. The molecule has 2 aromatic heterocycles. The van der Waals surface area contributed by atoms with Gasteiger partial charge in [-0.3, -0.25) is 14.2 Å². The van der Waals surface area contributed by atoms with Crippen molar-refractivity contribution >= 4 is 23.0 Å². The Morgan fingerprint density at radius 3 is 2.32 bits per heavy atom. The maximum absolute atomic E-state index is 13.7. The predicted molar refractivity (Wildman–Crippen MR) is 151 cm³/mol. The number of aliphatic hydroxyl groups is 1. The summed E-state index contributed by atoms with van der Waals surface area (Å²) in [5.74, 6) is -0.586. The van der Waals surface area contributed by atoms with Gasteiger partial charge in [-0.15, -0.1) is 0 Å². The molecule has 2 fully saturated rings. The highest BCUT2D eigenvalue weighted by molar-refractivity contribution is 5.81. The molecule has 11 nitrogen and oxygen atoms in total. The summed E-state index contributed by atoms with van der Waals surface area (Å²) in [6.07, 6.45) is 3.05. The second kappa shape index (κ2) is 10.8. The van der Waals surface area contributed by atoms with E-state index in [-0.39, 0.29) is 36.4 Å². The summed E-state index contributed by atoms with van der Waals surface area (Å²) in [5, 5.41) is 25.7. The molecular formula is C30H32N6O5. The summed E-state index contributed by atoms with van der Waals surface area (Å²) >= 11 is 0. The molecule has 2 aliphatic rings. The third kappa shape index (κ3) is 5.20. The van der Waals surface area contributed by atoms with E-state index in [1.807, 2.05) is 60.7 Å². The minimum Gasteiger partial charge on any atom is -0.465 e. The highest BCUT2D eigenvalue weighted by Crippen LogP contribution is 2.35. The van der Waals surface area contributed by atoms with Gasteiger partial charge in [0.15, 0.2) is 5.65 Å². The number of carbonyl (C=O) groups excluding carboxylic acids is 1. The van der Waals surface area contributed by atoms with Crippen LogP contribution in [0.15, 0.2) is 78.0 Å². The molecule has 0 bridgehead atoms. The van der Waals surface area contributed by atoms with Crippen LogP contribution < -0.4 is 5.56 Å². The molecule has 2 amide bonds. The fraction of sp³-hybridized carbons (Fsp3) is 0.367. The number of hydrogen-bond donors (Lipinski definition) is 2. The minimum absolute atomic E-state index is 0.0143. The molecule has 2 N–H and O–H groups in total. The van der Waals surface area contributed by atoms with Gasteiger partial charge in [0.1, 0.15) is 11.7 Å². The lowest BCUT2D eigenvalue weighted by atomic mass is 9.79. The van der Waals surface area contributed by atoms with Gasteiger partial charge in [-0.1, -0.05) is 48.5 Å². The fourth-order valence-electron chi connectivity index (χ4n) is 6.13. The van der Waals surface area contributed by atoms with Crippen molar-refractivity contribution < 1.29 is 19.8 Å². The van der Waals surface area contributed by atoms with Crippen LogP contribution in [0.5, 0.6) is 0 Å². The summed E-state index contributed by atoms with van der Waals surface area (Å²) in [5.41, 5.74) is 0.748. The maximum atomic E-state index is 13.7. The molecule has 4 heterocycles. The van der Waals surface area contributed by atoms with E-state index in [0.29, 0.717) is 49.9 Å². The minimum atomic E-state index is -1.17. The smallest absolute Gasteiger partial charge is 0.407 e. The van der Waals surface area contributed by atoms with Gasteiger partial charge in [0, 0.05) is 38.0 Å². The largest absolute Gasteiger partial charge is 0.465 e. The monoisotopic (exact) mass is 556 g/mol. The molecule has 2 aromatic carbocycles. The first-order valence-electron chi connectivity index (χ1n) is 13.9. The number of hydrogen-bond acceptors (Lipinski definition) is 6. The molecule has 0 unspecified atom stereocenters. The van der Waals surface area contributed by atoms with Crippen LogP contribution in [0.1, 0.15) is 30.7 Å². The summed E-state index contributed by atoms with van der Waals surface area (Å²) in [6.45, 7) is 1.36. The van der Waals surface area contributed by atoms with Gasteiger partial charge in [0.05, 0.1) is 24.0 Å². The van der Waals surface area contributed by atoms with E-state index in [0.717, 1.165) is 11.3 Å². The van der Waals surface area contributed by atoms with Crippen LogP contribution in [-0.4, -0.2) is 83.1 Å². The number of benzene rings is 2. The standard InChI is InChI=1S/C30H32N6O5/c37-27(23-11-14-34(29(39)40)18-25(23)21-7-3-1-4-8-21)33-15-12-30(41,13-16-33)19-35-20-31-26-24(28(35)38)17-32-36(26)22-9-5-2-6-10-22/h1-10,17,20,23,25,41H,11-16,18-19H2,(H,39,40)/t23-,25+/m1/s1. The number of piperidine rings is 2. The third-order valence-electron chi connectivity index (χ3n) is 8.45. The van der Waals surface area contributed by atoms with Crippen LogP contribution in [0.3, 0.4) is 0 Å². The van der Waals surface area contributed by atoms with Crippen molar-refractivity contribution in [3.63, 3.8) is 0 Å². The van der Waals surface area contributed by atoms with Gasteiger partial charge < -0.3 is 20.0 Å². The zero-order valence-electron chi connectivity index (χ0n) is 22.5. The number of nitrogens with zero attached hydrogens (tertiary/aromatic N) is 6. The molecule has 6 rings (SSSR count). The molecule has 0 saturated carbocycles. The van der Waals surface area contributed by atoms with Crippen molar-refractivity contribution in [1.29, 1.82) is 0 Å². The fourth-order valence-corrected chi connectivity index (χ4v) is 6.13. The Labute approximate surface area is 236 Å². The van der Waals surface area contributed by atoms with Crippen molar-refractivity contribution in [2.24, 2.45) is 5.92 Å². The normalized spacial score (nSPS) is 20.7. The van der Waals surface area contributed by atoms with Crippen LogP contribution in [0.25, 0.3) is 16.7 Å².